The Morgan fingerprint density at radius 1 is 1.04 bits per heavy atom. The van der Waals surface area contributed by atoms with Crippen molar-refractivity contribution in [1.82, 2.24) is 4.90 Å². The smallest absolute Gasteiger partial charge is 0.253 e. The van der Waals surface area contributed by atoms with E-state index in [9.17, 15) is 9.59 Å². The van der Waals surface area contributed by atoms with Crippen LogP contribution in [0.2, 0.25) is 0 Å². The number of rotatable bonds is 4. The molecule has 0 radical (unpaired) electrons. The maximum absolute atomic E-state index is 12.7. The molecule has 0 spiro atoms. The normalized spacial score (nSPS) is 14.8. The summed E-state index contributed by atoms with van der Waals surface area (Å²) in [4.78, 5) is 28.9. The first-order chi connectivity index (χ1) is 12.6. The summed E-state index contributed by atoms with van der Waals surface area (Å²) in [5, 5.41) is 0. The van der Waals surface area contributed by atoms with E-state index in [4.69, 9.17) is 4.74 Å². The molecule has 2 aromatic rings. The average Bonchev–Trinajstić information content (AvgIpc) is 2.73. The maximum atomic E-state index is 12.7. The van der Waals surface area contributed by atoms with Crippen molar-refractivity contribution < 1.29 is 14.3 Å². The van der Waals surface area contributed by atoms with Gasteiger partial charge in [0.2, 0.25) is 5.91 Å². The van der Waals surface area contributed by atoms with Crippen LogP contribution in [0.4, 0.5) is 5.69 Å². The number of hydrogen-bond acceptors (Lipinski definition) is 3. The Kier molecular flexibility index (Phi) is 5.56. The maximum Gasteiger partial charge on any atom is 0.253 e. The van der Waals surface area contributed by atoms with Gasteiger partial charge >= 0.3 is 0 Å². The zero-order valence-corrected chi connectivity index (χ0v) is 15.2. The number of carbonyl (C=O) groups excluding carboxylic acids is 2. The van der Waals surface area contributed by atoms with Crippen LogP contribution in [-0.4, -0.2) is 44.0 Å². The van der Waals surface area contributed by atoms with Gasteiger partial charge in [0.25, 0.3) is 5.91 Å². The lowest BCUT2D eigenvalue weighted by molar-refractivity contribution is -0.123. The van der Waals surface area contributed by atoms with Crippen molar-refractivity contribution in [3.05, 3.63) is 60.2 Å². The molecule has 136 valence electrons. The van der Waals surface area contributed by atoms with E-state index in [2.05, 4.69) is 0 Å². The molecule has 0 N–H and O–H groups in total. The van der Waals surface area contributed by atoms with E-state index in [0.29, 0.717) is 37.2 Å². The van der Waals surface area contributed by atoms with Crippen LogP contribution in [0.5, 0.6) is 5.75 Å². The van der Waals surface area contributed by atoms with Crippen LogP contribution in [-0.2, 0) is 4.79 Å². The molecule has 26 heavy (non-hydrogen) atoms. The Hall–Kier alpha value is -2.82. The van der Waals surface area contributed by atoms with Gasteiger partial charge in [0.15, 0.2) is 0 Å². The number of ether oxygens (including phenoxy) is 1. The number of benzene rings is 2. The van der Waals surface area contributed by atoms with Crippen molar-refractivity contribution in [2.24, 2.45) is 5.92 Å². The van der Waals surface area contributed by atoms with Gasteiger partial charge in [-0.3, -0.25) is 9.59 Å². The SMILES string of the molecule is COc1cccc(C(=O)N2CCC(C(=O)N(C)c3ccccc3)CC2)c1. The van der Waals surface area contributed by atoms with Crippen LogP contribution < -0.4 is 9.64 Å². The molecule has 0 saturated carbocycles. The lowest BCUT2D eigenvalue weighted by Crippen LogP contribution is -2.43. The van der Waals surface area contributed by atoms with E-state index in [-0.39, 0.29) is 17.7 Å². The molecular formula is C21H24N2O3. The molecule has 1 aliphatic rings. The van der Waals surface area contributed by atoms with Crippen molar-refractivity contribution in [1.29, 1.82) is 0 Å². The minimum absolute atomic E-state index is 0.00814. The molecule has 5 heteroatoms. The molecule has 1 fully saturated rings. The summed E-state index contributed by atoms with van der Waals surface area (Å²) in [5.41, 5.74) is 1.52. The molecule has 0 atom stereocenters. The Balaban J connectivity index is 1.60. The van der Waals surface area contributed by atoms with Gasteiger partial charge in [-0.1, -0.05) is 24.3 Å². The number of piperidine rings is 1. The van der Waals surface area contributed by atoms with E-state index in [0.717, 1.165) is 5.69 Å². The molecule has 1 aliphatic heterocycles. The van der Waals surface area contributed by atoms with Gasteiger partial charge in [-0.05, 0) is 43.2 Å². The fourth-order valence-corrected chi connectivity index (χ4v) is 3.32. The second kappa shape index (κ2) is 8.04. The minimum Gasteiger partial charge on any atom is -0.497 e. The fourth-order valence-electron chi connectivity index (χ4n) is 3.32. The molecule has 1 saturated heterocycles. The van der Waals surface area contributed by atoms with Crippen LogP contribution in [0.1, 0.15) is 23.2 Å². The quantitative estimate of drug-likeness (QED) is 0.849. The summed E-state index contributed by atoms with van der Waals surface area (Å²) < 4.78 is 5.19. The number of para-hydroxylation sites is 1. The van der Waals surface area contributed by atoms with Crippen LogP contribution in [0, 0.1) is 5.92 Å². The first kappa shape index (κ1) is 18.0. The van der Waals surface area contributed by atoms with E-state index < -0.39 is 0 Å². The van der Waals surface area contributed by atoms with E-state index >= 15 is 0 Å². The summed E-state index contributed by atoms with van der Waals surface area (Å²) >= 11 is 0. The predicted octanol–water partition coefficient (Wildman–Crippen LogP) is 3.21. The van der Waals surface area contributed by atoms with Crippen molar-refractivity contribution >= 4 is 17.5 Å². The van der Waals surface area contributed by atoms with Gasteiger partial charge in [-0.25, -0.2) is 0 Å². The van der Waals surface area contributed by atoms with Gasteiger partial charge in [-0.2, -0.15) is 0 Å². The molecule has 0 aliphatic carbocycles. The summed E-state index contributed by atoms with van der Waals surface area (Å²) in [6, 6.07) is 16.8. The highest BCUT2D eigenvalue weighted by Crippen LogP contribution is 2.24. The fraction of sp³-hybridized carbons (Fsp3) is 0.333. The van der Waals surface area contributed by atoms with E-state index in [1.807, 2.05) is 54.4 Å². The third kappa shape index (κ3) is 3.87. The first-order valence-corrected chi connectivity index (χ1v) is 8.86. The van der Waals surface area contributed by atoms with Crippen LogP contribution in [0.25, 0.3) is 0 Å². The zero-order chi connectivity index (χ0) is 18.5. The number of methoxy groups -OCH3 is 1. The third-order valence-corrected chi connectivity index (χ3v) is 4.92. The van der Waals surface area contributed by atoms with Gasteiger partial charge in [0, 0.05) is 37.3 Å². The van der Waals surface area contributed by atoms with Crippen LogP contribution in [0.3, 0.4) is 0 Å². The van der Waals surface area contributed by atoms with E-state index in [1.54, 1.807) is 24.1 Å². The van der Waals surface area contributed by atoms with Crippen molar-refractivity contribution in [3.63, 3.8) is 0 Å². The Labute approximate surface area is 154 Å². The lowest BCUT2D eigenvalue weighted by Gasteiger charge is -2.33. The molecule has 5 nitrogen and oxygen atoms in total. The largest absolute Gasteiger partial charge is 0.497 e. The molecular weight excluding hydrogens is 328 g/mol. The van der Waals surface area contributed by atoms with Crippen molar-refractivity contribution in [3.8, 4) is 5.75 Å². The standard InChI is InChI=1S/C21H24N2O3/c1-22(18-8-4-3-5-9-18)20(24)16-11-13-23(14-12-16)21(25)17-7-6-10-19(15-17)26-2/h3-10,15-16H,11-14H2,1-2H3. The summed E-state index contributed by atoms with van der Waals surface area (Å²) in [5.74, 6) is 0.732. The van der Waals surface area contributed by atoms with Crippen molar-refractivity contribution in [2.45, 2.75) is 12.8 Å². The molecule has 2 aromatic carbocycles. The second-order valence-corrected chi connectivity index (χ2v) is 6.53. The molecule has 0 aromatic heterocycles. The Bertz CT molecular complexity index is 768. The zero-order valence-electron chi connectivity index (χ0n) is 15.2. The average molecular weight is 352 g/mol. The highest BCUT2D eigenvalue weighted by molar-refractivity contribution is 5.96. The predicted molar refractivity (Wildman–Crippen MR) is 101 cm³/mol. The summed E-state index contributed by atoms with van der Waals surface area (Å²) in [6.07, 6.45) is 1.37. The molecule has 0 unspecified atom stereocenters. The highest BCUT2D eigenvalue weighted by atomic mass is 16.5. The third-order valence-electron chi connectivity index (χ3n) is 4.92. The molecule has 0 bridgehead atoms. The van der Waals surface area contributed by atoms with Gasteiger partial charge in [0.1, 0.15) is 5.75 Å². The molecule has 1 heterocycles. The monoisotopic (exact) mass is 352 g/mol. The van der Waals surface area contributed by atoms with Gasteiger partial charge < -0.3 is 14.5 Å². The topological polar surface area (TPSA) is 49.9 Å². The number of nitrogens with zero attached hydrogens (tertiary/aromatic N) is 2. The number of anilines is 1. The summed E-state index contributed by atoms with van der Waals surface area (Å²) in [7, 11) is 3.40. The Morgan fingerprint density at radius 3 is 2.38 bits per heavy atom. The summed E-state index contributed by atoms with van der Waals surface area (Å²) in [6.45, 7) is 1.18. The number of likely N-dealkylation sites (tertiary alicyclic amines) is 1. The Morgan fingerprint density at radius 2 is 1.73 bits per heavy atom. The minimum atomic E-state index is -0.0467. The van der Waals surface area contributed by atoms with Crippen LogP contribution in [0.15, 0.2) is 54.6 Å². The molecule has 3 rings (SSSR count). The second-order valence-electron chi connectivity index (χ2n) is 6.53. The number of hydrogen-bond donors (Lipinski definition) is 0. The molecule has 2 amide bonds. The van der Waals surface area contributed by atoms with E-state index in [1.165, 1.54) is 0 Å². The number of carbonyl (C=O) groups is 2. The number of amides is 2. The first-order valence-electron chi connectivity index (χ1n) is 8.86. The van der Waals surface area contributed by atoms with Crippen molar-refractivity contribution in [2.75, 3.05) is 32.1 Å². The van der Waals surface area contributed by atoms with Gasteiger partial charge in [0.05, 0.1) is 7.11 Å². The van der Waals surface area contributed by atoms with Gasteiger partial charge in [-0.15, -0.1) is 0 Å². The van der Waals surface area contributed by atoms with Crippen LogP contribution >= 0.6 is 0 Å². The highest BCUT2D eigenvalue weighted by Gasteiger charge is 2.30. The lowest BCUT2D eigenvalue weighted by atomic mass is 9.94.